The average molecular weight is 185 g/mol. The molecule has 0 spiro atoms. The monoisotopic (exact) mass is 185 g/mol. The van der Waals surface area contributed by atoms with E-state index in [-0.39, 0.29) is 5.41 Å². The fourth-order valence-corrected chi connectivity index (χ4v) is 1.21. The van der Waals surface area contributed by atoms with Crippen LogP contribution in [0.3, 0.4) is 0 Å². The van der Waals surface area contributed by atoms with Gasteiger partial charge in [-0.1, -0.05) is 20.8 Å². The lowest BCUT2D eigenvalue weighted by molar-refractivity contribution is 0.260. The van der Waals surface area contributed by atoms with Crippen molar-refractivity contribution in [3.63, 3.8) is 0 Å². The van der Waals surface area contributed by atoms with Crippen LogP contribution in [0.15, 0.2) is 6.33 Å². The Balaban J connectivity index is 3.01. The van der Waals surface area contributed by atoms with Gasteiger partial charge in [-0.05, 0) is 24.6 Å². The second-order valence-corrected chi connectivity index (χ2v) is 4.50. The van der Waals surface area contributed by atoms with Crippen molar-refractivity contribution < 1.29 is 0 Å². The van der Waals surface area contributed by atoms with E-state index in [1.54, 1.807) is 6.33 Å². The van der Waals surface area contributed by atoms with E-state index in [1.165, 1.54) is 0 Å². The summed E-state index contributed by atoms with van der Waals surface area (Å²) in [6, 6.07) is 0.365. The molecule has 0 radical (unpaired) electrons. The topological polar surface area (TPSA) is 33.6 Å². The van der Waals surface area contributed by atoms with Gasteiger partial charge in [0.25, 0.3) is 0 Å². The molecule has 0 fully saturated rings. The number of nitrogens with one attached hydrogen (secondary N) is 1. The van der Waals surface area contributed by atoms with Crippen molar-refractivity contribution in [3.8, 4) is 0 Å². The molecule has 0 aliphatic rings. The van der Waals surface area contributed by atoms with Crippen LogP contribution in [0.1, 0.15) is 33.7 Å². The zero-order chi connectivity index (χ0) is 9.35. The Bertz CT molecular complexity index is 305. The van der Waals surface area contributed by atoms with Crippen LogP contribution >= 0.6 is 12.2 Å². The fraction of sp³-hybridized carbons (Fsp3) is 0.750. The molecule has 1 N–H and O–H groups in total. The predicted molar refractivity (Wildman–Crippen MR) is 51.6 cm³/mol. The number of H-pyrrole nitrogens is 1. The van der Waals surface area contributed by atoms with Gasteiger partial charge in [-0.25, -0.2) is 0 Å². The highest BCUT2D eigenvalue weighted by Crippen LogP contribution is 2.29. The standard InChI is InChI=1S/C8H15N3S/c1-6(8(2,3)4)11-5-9-10-7(11)12/h5-6H,1-4H3,(H,10,12). The van der Waals surface area contributed by atoms with Gasteiger partial charge in [0.05, 0.1) is 0 Å². The van der Waals surface area contributed by atoms with E-state index >= 15 is 0 Å². The Morgan fingerprint density at radius 3 is 2.50 bits per heavy atom. The van der Waals surface area contributed by atoms with Crippen LogP contribution in [0, 0.1) is 10.2 Å². The van der Waals surface area contributed by atoms with Crippen LogP contribution < -0.4 is 0 Å². The second-order valence-electron chi connectivity index (χ2n) is 4.11. The Kier molecular flexibility index (Phi) is 2.37. The third kappa shape index (κ3) is 1.75. The van der Waals surface area contributed by atoms with Gasteiger partial charge in [0.2, 0.25) is 0 Å². The molecule has 1 aromatic heterocycles. The first-order valence-electron chi connectivity index (χ1n) is 4.04. The molecule has 1 atom stereocenters. The highest BCUT2D eigenvalue weighted by molar-refractivity contribution is 7.71. The van der Waals surface area contributed by atoms with Crippen molar-refractivity contribution in [3.05, 3.63) is 11.1 Å². The van der Waals surface area contributed by atoms with Crippen molar-refractivity contribution >= 4 is 12.2 Å². The molecule has 1 aromatic rings. The summed E-state index contributed by atoms with van der Waals surface area (Å²) in [4.78, 5) is 0. The largest absolute Gasteiger partial charge is 0.303 e. The van der Waals surface area contributed by atoms with Crippen LogP contribution in [0.2, 0.25) is 0 Å². The quantitative estimate of drug-likeness (QED) is 0.682. The van der Waals surface area contributed by atoms with Crippen molar-refractivity contribution in [2.75, 3.05) is 0 Å². The molecule has 0 aliphatic heterocycles. The average Bonchev–Trinajstić information content (AvgIpc) is 2.31. The minimum atomic E-state index is 0.210. The number of aromatic nitrogens is 3. The molecule has 0 saturated heterocycles. The van der Waals surface area contributed by atoms with E-state index in [4.69, 9.17) is 12.2 Å². The third-order valence-electron chi connectivity index (χ3n) is 2.25. The Labute approximate surface area is 77.8 Å². The van der Waals surface area contributed by atoms with Crippen molar-refractivity contribution in [2.45, 2.75) is 33.7 Å². The molecule has 0 aliphatic carbocycles. The molecule has 0 aromatic carbocycles. The first kappa shape index (κ1) is 9.45. The van der Waals surface area contributed by atoms with E-state index in [0.717, 1.165) is 0 Å². The maximum atomic E-state index is 5.08. The number of rotatable bonds is 1. The lowest BCUT2D eigenvalue weighted by Crippen LogP contribution is -2.21. The molecule has 1 rings (SSSR count). The Hall–Kier alpha value is -0.640. The van der Waals surface area contributed by atoms with Crippen molar-refractivity contribution in [2.24, 2.45) is 5.41 Å². The van der Waals surface area contributed by atoms with E-state index in [9.17, 15) is 0 Å². The molecular formula is C8H15N3S. The van der Waals surface area contributed by atoms with Crippen LogP contribution in [0.25, 0.3) is 0 Å². The lowest BCUT2D eigenvalue weighted by atomic mass is 9.88. The van der Waals surface area contributed by atoms with Crippen molar-refractivity contribution in [1.29, 1.82) is 0 Å². The van der Waals surface area contributed by atoms with Gasteiger partial charge >= 0.3 is 0 Å². The lowest BCUT2D eigenvalue weighted by Gasteiger charge is -2.27. The molecule has 0 saturated carbocycles. The SMILES string of the molecule is CC(n1cn[nH]c1=S)C(C)(C)C. The maximum Gasteiger partial charge on any atom is 0.195 e. The molecular weight excluding hydrogens is 170 g/mol. The number of hydrogen-bond acceptors (Lipinski definition) is 2. The number of aromatic amines is 1. The van der Waals surface area contributed by atoms with Gasteiger partial charge in [-0.3, -0.25) is 5.10 Å². The first-order valence-corrected chi connectivity index (χ1v) is 4.45. The predicted octanol–water partition coefficient (Wildman–Crippen LogP) is 2.55. The highest BCUT2D eigenvalue weighted by Gasteiger charge is 2.21. The Morgan fingerprint density at radius 2 is 2.17 bits per heavy atom. The minimum absolute atomic E-state index is 0.210. The molecule has 3 nitrogen and oxygen atoms in total. The summed E-state index contributed by atoms with van der Waals surface area (Å²) in [5, 5.41) is 6.64. The summed E-state index contributed by atoms with van der Waals surface area (Å²) in [7, 11) is 0. The first-order chi connectivity index (χ1) is 5.43. The van der Waals surface area contributed by atoms with Gasteiger partial charge in [0.1, 0.15) is 6.33 Å². The van der Waals surface area contributed by atoms with Gasteiger partial charge in [-0.15, -0.1) is 0 Å². The van der Waals surface area contributed by atoms with Crippen LogP contribution in [-0.4, -0.2) is 14.8 Å². The summed E-state index contributed by atoms with van der Waals surface area (Å²) in [5.74, 6) is 0. The summed E-state index contributed by atoms with van der Waals surface area (Å²) in [6.45, 7) is 8.70. The van der Waals surface area contributed by atoms with E-state index in [0.29, 0.717) is 10.8 Å². The summed E-state index contributed by atoms with van der Waals surface area (Å²) in [6.07, 6.45) is 1.75. The maximum absolute atomic E-state index is 5.08. The van der Waals surface area contributed by atoms with E-state index < -0.39 is 0 Å². The van der Waals surface area contributed by atoms with E-state index in [2.05, 4.69) is 37.9 Å². The normalized spacial score (nSPS) is 14.7. The molecule has 12 heavy (non-hydrogen) atoms. The van der Waals surface area contributed by atoms with Gasteiger partial charge in [0, 0.05) is 6.04 Å². The van der Waals surface area contributed by atoms with Gasteiger partial charge < -0.3 is 4.57 Å². The van der Waals surface area contributed by atoms with Gasteiger partial charge in [-0.2, -0.15) is 5.10 Å². The zero-order valence-electron chi connectivity index (χ0n) is 7.96. The molecule has 4 heteroatoms. The zero-order valence-corrected chi connectivity index (χ0v) is 8.77. The van der Waals surface area contributed by atoms with E-state index in [1.807, 2.05) is 4.57 Å². The molecule has 1 heterocycles. The molecule has 68 valence electrons. The van der Waals surface area contributed by atoms with Crippen molar-refractivity contribution in [1.82, 2.24) is 14.8 Å². The van der Waals surface area contributed by atoms with Gasteiger partial charge in [0.15, 0.2) is 4.77 Å². The Morgan fingerprint density at radius 1 is 1.58 bits per heavy atom. The van der Waals surface area contributed by atoms with Crippen LogP contribution in [-0.2, 0) is 0 Å². The third-order valence-corrected chi connectivity index (χ3v) is 2.55. The minimum Gasteiger partial charge on any atom is -0.303 e. The van der Waals surface area contributed by atoms with Crippen LogP contribution in [0.4, 0.5) is 0 Å². The highest BCUT2D eigenvalue weighted by atomic mass is 32.1. The fourth-order valence-electron chi connectivity index (χ4n) is 0.950. The summed E-state index contributed by atoms with van der Waals surface area (Å²) >= 11 is 5.08. The molecule has 0 bridgehead atoms. The number of nitrogens with zero attached hydrogens (tertiary/aromatic N) is 2. The smallest absolute Gasteiger partial charge is 0.195 e. The number of hydrogen-bond donors (Lipinski definition) is 1. The molecule has 0 amide bonds. The summed E-state index contributed by atoms with van der Waals surface area (Å²) in [5.41, 5.74) is 0.210. The molecule has 1 unspecified atom stereocenters. The van der Waals surface area contributed by atoms with Crippen LogP contribution in [0.5, 0.6) is 0 Å². The summed E-state index contributed by atoms with van der Waals surface area (Å²) < 4.78 is 2.67. The second kappa shape index (κ2) is 3.01.